The number of para-hydroxylation sites is 1. The normalized spacial score (nSPS) is 13.1. The number of nitrogens with one attached hydrogen (secondary N) is 1. The van der Waals surface area contributed by atoms with Gasteiger partial charge in [-0.25, -0.2) is 0 Å². The first-order chi connectivity index (χ1) is 11.6. The first-order valence-electron chi connectivity index (χ1n) is 7.80. The molecule has 120 valence electrons. The molecule has 1 amide bonds. The Morgan fingerprint density at radius 3 is 2.75 bits per heavy atom. The van der Waals surface area contributed by atoms with Gasteiger partial charge in [-0.3, -0.25) is 9.78 Å². The lowest BCUT2D eigenvalue weighted by atomic mass is 10.0. The first kappa shape index (κ1) is 15.8. The smallest absolute Gasteiger partial charge is 0.256 e. The molecule has 3 aromatic rings. The molecule has 2 aromatic carbocycles. The van der Waals surface area contributed by atoms with Crippen molar-refractivity contribution >= 4 is 54.4 Å². The summed E-state index contributed by atoms with van der Waals surface area (Å²) in [5, 5.41) is 3.96. The van der Waals surface area contributed by atoms with Gasteiger partial charge in [0.05, 0.1) is 16.8 Å². The van der Waals surface area contributed by atoms with Gasteiger partial charge in [-0.2, -0.15) is 0 Å². The standard InChI is InChI=1S/C19H14Br2N2O/c20-11-8-9-17(14(21)10-11)23-19(24)18-12-4-1-2-6-15(12)22-16-7-3-5-13(16)18/h1-2,4,6,8-10H,3,5,7H2,(H,23,24). The molecule has 0 saturated carbocycles. The number of nitrogens with zero attached hydrogens (tertiary/aromatic N) is 1. The lowest BCUT2D eigenvalue weighted by molar-refractivity contribution is 0.102. The van der Waals surface area contributed by atoms with Crippen LogP contribution in [-0.4, -0.2) is 10.9 Å². The second kappa shape index (κ2) is 6.30. The molecule has 0 atom stereocenters. The molecule has 0 spiro atoms. The maximum Gasteiger partial charge on any atom is 0.256 e. The molecular formula is C19H14Br2N2O. The van der Waals surface area contributed by atoms with Gasteiger partial charge in [0.25, 0.3) is 5.91 Å². The number of amides is 1. The van der Waals surface area contributed by atoms with Crippen molar-refractivity contribution in [2.45, 2.75) is 19.3 Å². The van der Waals surface area contributed by atoms with E-state index in [2.05, 4.69) is 37.2 Å². The summed E-state index contributed by atoms with van der Waals surface area (Å²) in [7, 11) is 0. The molecular weight excluding hydrogens is 432 g/mol. The van der Waals surface area contributed by atoms with E-state index in [9.17, 15) is 4.79 Å². The number of rotatable bonds is 2. The number of hydrogen-bond acceptors (Lipinski definition) is 2. The average Bonchev–Trinajstić information content (AvgIpc) is 3.02. The highest BCUT2D eigenvalue weighted by molar-refractivity contribution is 9.11. The molecule has 5 heteroatoms. The monoisotopic (exact) mass is 444 g/mol. The van der Waals surface area contributed by atoms with Crippen LogP contribution in [0.3, 0.4) is 0 Å². The molecule has 1 aliphatic carbocycles. The summed E-state index contributed by atoms with van der Waals surface area (Å²) in [6.45, 7) is 0. The van der Waals surface area contributed by atoms with Crippen LogP contribution in [0.2, 0.25) is 0 Å². The molecule has 1 heterocycles. The molecule has 0 aliphatic heterocycles. The van der Waals surface area contributed by atoms with Crippen molar-refractivity contribution in [2.75, 3.05) is 5.32 Å². The first-order valence-corrected chi connectivity index (χ1v) is 9.39. The van der Waals surface area contributed by atoms with Crippen LogP contribution >= 0.6 is 31.9 Å². The second-order valence-electron chi connectivity index (χ2n) is 5.86. The van der Waals surface area contributed by atoms with E-state index in [1.165, 1.54) is 0 Å². The molecule has 0 fully saturated rings. The Hall–Kier alpha value is -1.72. The Labute approximate surface area is 156 Å². The number of benzene rings is 2. The molecule has 1 aliphatic rings. The van der Waals surface area contributed by atoms with Crippen LogP contribution in [0.15, 0.2) is 51.4 Å². The van der Waals surface area contributed by atoms with E-state index in [0.717, 1.165) is 61.6 Å². The van der Waals surface area contributed by atoms with Crippen LogP contribution in [-0.2, 0) is 12.8 Å². The third-order valence-electron chi connectivity index (χ3n) is 4.33. The number of carbonyl (C=O) groups excluding carboxylic acids is 1. The molecule has 1 aromatic heterocycles. The Kier molecular flexibility index (Phi) is 4.14. The van der Waals surface area contributed by atoms with Gasteiger partial charge in [-0.05, 0) is 65.0 Å². The van der Waals surface area contributed by atoms with Crippen molar-refractivity contribution in [3.05, 3.63) is 68.2 Å². The quantitative estimate of drug-likeness (QED) is 0.565. The molecule has 0 bridgehead atoms. The SMILES string of the molecule is O=C(Nc1ccc(Br)cc1Br)c1c2c(nc3ccccc13)CCC2. The van der Waals surface area contributed by atoms with E-state index in [-0.39, 0.29) is 5.91 Å². The third kappa shape index (κ3) is 2.76. The van der Waals surface area contributed by atoms with Crippen LogP contribution in [0.1, 0.15) is 28.0 Å². The van der Waals surface area contributed by atoms with Gasteiger partial charge in [-0.1, -0.05) is 34.1 Å². The molecule has 4 rings (SSSR count). The van der Waals surface area contributed by atoms with Gasteiger partial charge in [0, 0.05) is 20.0 Å². The highest BCUT2D eigenvalue weighted by Gasteiger charge is 2.24. The van der Waals surface area contributed by atoms with E-state index >= 15 is 0 Å². The number of anilines is 1. The van der Waals surface area contributed by atoms with Crippen LogP contribution in [0.4, 0.5) is 5.69 Å². The Balaban J connectivity index is 1.82. The van der Waals surface area contributed by atoms with Gasteiger partial charge in [0.15, 0.2) is 0 Å². The summed E-state index contributed by atoms with van der Waals surface area (Å²) in [6, 6.07) is 13.6. The van der Waals surface area contributed by atoms with Crippen molar-refractivity contribution < 1.29 is 4.79 Å². The van der Waals surface area contributed by atoms with E-state index in [1.54, 1.807) is 0 Å². The van der Waals surface area contributed by atoms with E-state index in [1.807, 2.05) is 42.5 Å². The lowest BCUT2D eigenvalue weighted by Gasteiger charge is -2.13. The predicted molar refractivity (Wildman–Crippen MR) is 104 cm³/mol. The Morgan fingerprint density at radius 1 is 1.08 bits per heavy atom. The highest BCUT2D eigenvalue weighted by Crippen LogP contribution is 2.32. The largest absolute Gasteiger partial charge is 0.321 e. The number of fused-ring (bicyclic) bond motifs is 2. The lowest BCUT2D eigenvalue weighted by Crippen LogP contribution is -2.16. The van der Waals surface area contributed by atoms with Crippen LogP contribution in [0, 0.1) is 0 Å². The maximum atomic E-state index is 13.1. The molecule has 0 unspecified atom stereocenters. The molecule has 1 N–H and O–H groups in total. The number of aromatic nitrogens is 1. The fourth-order valence-corrected chi connectivity index (χ4v) is 4.39. The fraction of sp³-hybridized carbons (Fsp3) is 0.158. The minimum atomic E-state index is -0.0743. The van der Waals surface area contributed by atoms with Gasteiger partial charge >= 0.3 is 0 Å². The number of carbonyl (C=O) groups is 1. The van der Waals surface area contributed by atoms with E-state index < -0.39 is 0 Å². The summed E-state index contributed by atoms with van der Waals surface area (Å²) in [5.74, 6) is -0.0743. The minimum absolute atomic E-state index is 0.0743. The summed E-state index contributed by atoms with van der Waals surface area (Å²) in [4.78, 5) is 17.8. The molecule has 0 saturated heterocycles. The maximum absolute atomic E-state index is 13.1. The second-order valence-corrected chi connectivity index (χ2v) is 7.63. The summed E-state index contributed by atoms with van der Waals surface area (Å²) in [5.41, 5.74) is 4.57. The number of aryl methyl sites for hydroxylation is 1. The van der Waals surface area contributed by atoms with E-state index in [0.29, 0.717) is 0 Å². The highest BCUT2D eigenvalue weighted by atomic mass is 79.9. The van der Waals surface area contributed by atoms with Crippen LogP contribution in [0.25, 0.3) is 10.9 Å². The predicted octanol–water partition coefficient (Wildman–Crippen LogP) is 5.50. The summed E-state index contributed by atoms with van der Waals surface area (Å²) < 4.78 is 1.81. The van der Waals surface area contributed by atoms with Crippen molar-refractivity contribution in [3.63, 3.8) is 0 Å². The van der Waals surface area contributed by atoms with Crippen molar-refractivity contribution in [3.8, 4) is 0 Å². The van der Waals surface area contributed by atoms with Gasteiger partial charge in [0.1, 0.15) is 0 Å². The fourth-order valence-electron chi connectivity index (χ4n) is 3.25. The third-order valence-corrected chi connectivity index (χ3v) is 5.48. The molecule has 0 radical (unpaired) electrons. The van der Waals surface area contributed by atoms with Gasteiger partial charge < -0.3 is 5.32 Å². The van der Waals surface area contributed by atoms with E-state index in [4.69, 9.17) is 4.98 Å². The van der Waals surface area contributed by atoms with Crippen molar-refractivity contribution in [1.29, 1.82) is 0 Å². The number of hydrogen-bond donors (Lipinski definition) is 1. The van der Waals surface area contributed by atoms with Crippen LogP contribution in [0.5, 0.6) is 0 Å². The Morgan fingerprint density at radius 2 is 1.92 bits per heavy atom. The average molecular weight is 446 g/mol. The summed E-state index contributed by atoms with van der Waals surface area (Å²) >= 11 is 6.93. The van der Waals surface area contributed by atoms with Crippen molar-refractivity contribution in [1.82, 2.24) is 4.98 Å². The zero-order valence-corrected chi connectivity index (χ0v) is 15.9. The molecule has 3 nitrogen and oxygen atoms in total. The number of pyridine rings is 1. The van der Waals surface area contributed by atoms with Gasteiger partial charge in [0.2, 0.25) is 0 Å². The van der Waals surface area contributed by atoms with Gasteiger partial charge in [-0.15, -0.1) is 0 Å². The van der Waals surface area contributed by atoms with Crippen molar-refractivity contribution in [2.24, 2.45) is 0 Å². The zero-order chi connectivity index (χ0) is 16.7. The minimum Gasteiger partial charge on any atom is -0.321 e. The topological polar surface area (TPSA) is 42.0 Å². The molecule has 24 heavy (non-hydrogen) atoms. The zero-order valence-electron chi connectivity index (χ0n) is 12.8. The number of halogens is 2. The Bertz CT molecular complexity index is 969. The van der Waals surface area contributed by atoms with Crippen LogP contribution < -0.4 is 5.32 Å². The summed E-state index contributed by atoms with van der Waals surface area (Å²) in [6.07, 6.45) is 2.92.